The minimum Gasteiger partial charge on any atom is -0.358 e. The second kappa shape index (κ2) is 7.11. The van der Waals surface area contributed by atoms with Gasteiger partial charge >= 0.3 is 0 Å². The first-order valence-electron chi connectivity index (χ1n) is 5.68. The largest absolute Gasteiger partial charge is 0.358 e. The molecule has 2 N–H and O–H groups in total. The molecule has 0 bridgehead atoms. The molecule has 0 aliphatic rings. The zero-order valence-electron chi connectivity index (χ0n) is 10.3. The molecular formula is C13H13F2N3O. The molecule has 0 fully saturated rings. The SMILES string of the molecule is CCCNC(=O)/C(C#N)=C\Nc1cc(F)ccc1F. The van der Waals surface area contributed by atoms with Gasteiger partial charge in [-0.2, -0.15) is 5.26 Å². The first-order valence-corrected chi connectivity index (χ1v) is 5.68. The van der Waals surface area contributed by atoms with Gasteiger partial charge in [0.2, 0.25) is 0 Å². The molecule has 0 aromatic heterocycles. The summed E-state index contributed by atoms with van der Waals surface area (Å²) in [5.41, 5.74) is -0.354. The van der Waals surface area contributed by atoms with Crippen molar-refractivity contribution in [3.05, 3.63) is 41.6 Å². The molecule has 0 heterocycles. The maximum absolute atomic E-state index is 13.3. The molecule has 0 spiro atoms. The van der Waals surface area contributed by atoms with Crippen LogP contribution >= 0.6 is 0 Å². The monoisotopic (exact) mass is 265 g/mol. The molecule has 0 saturated carbocycles. The van der Waals surface area contributed by atoms with Gasteiger partial charge in [-0.25, -0.2) is 8.78 Å². The molecule has 0 aliphatic carbocycles. The lowest BCUT2D eigenvalue weighted by Gasteiger charge is -2.05. The third-order valence-corrected chi connectivity index (χ3v) is 2.20. The summed E-state index contributed by atoms with van der Waals surface area (Å²) in [7, 11) is 0. The molecule has 100 valence electrons. The quantitative estimate of drug-likeness (QED) is 0.634. The summed E-state index contributed by atoms with van der Waals surface area (Å²) < 4.78 is 26.2. The Hall–Kier alpha value is -2.42. The van der Waals surface area contributed by atoms with Crippen LogP contribution in [0.4, 0.5) is 14.5 Å². The number of hydrogen-bond donors (Lipinski definition) is 2. The number of benzene rings is 1. The van der Waals surface area contributed by atoms with E-state index in [1.807, 2.05) is 6.92 Å². The molecule has 0 unspecified atom stereocenters. The summed E-state index contributed by atoms with van der Waals surface area (Å²) in [4.78, 5) is 11.5. The number of carbonyl (C=O) groups excluding carboxylic acids is 1. The van der Waals surface area contributed by atoms with Crippen molar-refractivity contribution in [3.63, 3.8) is 0 Å². The van der Waals surface area contributed by atoms with Gasteiger partial charge in [-0.05, 0) is 18.6 Å². The van der Waals surface area contributed by atoms with Crippen molar-refractivity contribution >= 4 is 11.6 Å². The summed E-state index contributed by atoms with van der Waals surface area (Å²) in [6, 6.07) is 4.55. The van der Waals surface area contributed by atoms with Crippen LogP contribution in [0.15, 0.2) is 30.0 Å². The van der Waals surface area contributed by atoms with Crippen molar-refractivity contribution in [1.82, 2.24) is 5.32 Å². The average molecular weight is 265 g/mol. The van der Waals surface area contributed by atoms with Crippen molar-refractivity contribution in [2.45, 2.75) is 13.3 Å². The summed E-state index contributed by atoms with van der Waals surface area (Å²) in [6.07, 6.45) is 1.78. The lowest BCUT2D eigenvalue weighted by molar-refractivity contribution is -0.117. The second-order valence-electron chi connectivity index (χ2n) is 3.69. The van der Waals surface area contributed by atoms with Crippen LogP contribution in [0.1, 0.15) is 13.3 Å². The highest BCUT2D eigenvalue weighted by Gasteiger charge is 2.08. The fourth-order valence-corrected chi connectivity index (χ4v) is 1.24. The number of rotatable bonds is 5. The zero-order chi connectivity index (χ0) is 14.3. The summed E-state index contributed by atoms with van der Waals surface area (Å²) in [5, 5.41) is 13.7. The molecule has 0 saturated heterocycles. The van der Waals surface area contributed by atoms with E-state index in [4.69, 9.17) is 5.26 Å². The Labute approximate surface area is 109 Å². The minimum atomic E-state index is -0.677. The van der Waals surface area contributed by atoms with Crippen LogP contribution in [0.3, 0.4) is 0 Å². The van der Waals surface area contributed by atoms with Gasteiger partial charge in [-0.1, -0.05) is 6.92 Å². The van der Waals surface area contributed by atoms with Crippen LogP contribution in [0.25, 0.3) is 0 Å². The third-order valence-electron chi connectivity index (χ3n) is 2.20. The lowest BCUT2D eigenvalue weighted by Crippen LogP contribution is -2.25. The van der Waals surface area contributed by atoms with Gasteiger partial charge in [-0.15, -0.1) is 0 Å². The van der Waals surface area contributed by atoms with Gasteiger partial charge in [0.15, 0.2) is 0 Å². The highest BCUT2D eigenvalue weighted by molar-refractivity contribution is 5.97. The van der Waals surface area contributed by atoms with E-state index in [1.54, 1.807) is 6.07 Å². The van der Waals surface area contributed by atoms with Crippen molar-refractivity contribution in [2.24, 2.45) is 0 Å². The Balaban J connectivity index is 2.80. The molecule has 0 radical (unpaired) electrons. The zero-order valence-corrected chi connectivity index (χ0v) is 10.3. The van der Waals surface area contributed by atoms with Crippen LogP contribution < -0.4 is 10.6 Å². The number of hydrogen-bond acceptors (Lipinski definition) is 3. The Morgan fingerprint density at radius 1 is 1.47 bits per heavy atom. The summed E-state index contributed by atoms with van der Waals surface area (Å²) in [6.45, 7) is 2.31. The van der Waals surface area contributed by atoms with E-state index < -0.39 is 17.5 Å². The van der Waals surface area contributed by atoms with Crippen LogP contribution in [-0.4, -0.2) is 12.5 Å². The predicted molar refractivity (Wildman–Crippen MR) is 67.0 cm³/mol. The van der Waals surface area contributed by atoms with E-state index in [-0.39, 0.29) is 11.3 Å². The second-order valence-corrected chi connectivity index (χ2v) is 3.69. The Kier molecular flexibility index (Phi) is 5.48. The van der Waals surface area contributed by atoms with E-state index in [9.17, 15) is 13.6 Å². The summed E-state index contributed by atoms with van der Waals surface area (Å²) >= 11 is 0. The molecule has 1 rings (SSSR count). The van der Waals surface area contributed by atoms with E-state index in [0.29, 0.717) is 6.54 Å². The molecule has 1 amide bonds. The Bertz CT molecular complexity index is 535. The number of nitrogens with zero attached hydrogens (tertiary/aromatic N) is 1. The fourth-order valence-electron chi connectivity index (χ4n) is 1.24. The van der Waals surface area contributed by atoms with E-state index in [0.717, 1.165) is 30.8 Å². The average Bonchev–Trinajstić information content (AvgIpc) is 2.40. The maximum atomic E-state index is 13.3. The minimum absolute atomic E-state index is 0.143. The number of amides is 1. The van der Waals surface area contributed by atoms with Crippen LogP contribution in [0.2, 0.25) is 0 Å². The lowest BCUT2D eigenvalue weighted by atomic mass is 10.2. The van der Waals surface area contributed by atoms with Crippen LogP contribution in [0.5, 0.6) is 0 Å². The number of nitriles is 1. The standard InChI is InChI=1S/C13H13F2N3O/c1-2-5-17-13(19)9(7-16)8-18-12-6-10(14)3-4-11(12)15/h3-4,6,8,18H,2,5H2,1H3,(H,17,19)/b9-8-. The highest BCUT2D eigenvalue weighted by atomic mass is 19.1. The molecule has 1 aromatic carbocycles. The summed E-state index contributed by atoms with van der Waals surface area (Å²) in [5.74, 6) is -1.86. The van der Waals surface area contributed by atoms with Crippen LogP contribution in [0, 0.1) is 23.0 Å². The molecule has 4 nitrogen and oxygen atoms in total. The molecule has 0 aliphatic heterocycles. The van der Waals surface area contributed by atoms with E-state index in [1.165, 1.54) is 0 Å². The van der Waals surface area contributed by atoms with Gasteiger partial charge in [0, 0.05) is 18.8 Å². The smallest absolute Gasteiger partial charge is 0.263 e. The Morgan fingerprint density at radius 2 is 2.21 bits per heavy atom. The first-order chi connectivity index (χ1) is 9.08. The first kappa shape index (κ1) is 14.6. The van der Waals surface area contributed by atoms with E-state index >= 15 is 0 Å². The van der Waals surface area contributed by atoms with Crippen LogP contribution in [-0.2, 0) is 4.79 Å². The maximum Gasteiger partial charge on any atom is 0.263 e. The van der Waals surface area contributed by atoms with Crippen molar-refractivity contribution < 1.29 is 13.6 Å². The van der Waals surface area contributed by atoms with Crippen molar-refractivity contribution in [3.8, 4) is 6.07 Å². The molecule has 19 heavy (non-hydrogen) atoms. The Morgan fingerprint density at radius 3 is 2.84 bits per heavy atom. The molecular weight excluding hydrogens is 252 g/mol. The topological polar surface area (TPSA) is 64.9 Å². The number of anilines is 1. The van der Waals surface area contributed by atoms with Gasteiger partial charge in [0.05, 0.1) is 5.69 Å². The normalized spacial score (nSPS) is 10.7. The van der Waals surface area contributed by atoms with Gasteiger partial charge in [-0.3, -0.25) is 4.79 Å². The van der Waals surface area contributed by atoms with Crippen molar-refractivity contribution in [2.75, 3.05) is 11.9 Å². The van der Waals surface area contributed by atoms with Gasteiger partial charge in [0.1, 0.15) is 23.3 Å². The number of halogens is 2. The molecule has 0 atom stereocenters. The molecule has 1 aromatic rings. The number of carbonyl (C=O) groups is 1. The van der Waals surface area contributed by atoms with Gasteiger partial charge < -0.3 is 10.6 Å². The highest BCUT2D eigenvalue weighted by Crippen LogP contribution is 2.15. The van der Waals surface area contributed by atoms with E-state index in [2.05, 4.69) is 10.6 Å². The third kappa shape index (κ3) is 4.39. The fraction of sp³-hybridized carbons (Fsp3) is 0.231. The number of nitrogens with one attached hydrogen (secondary N) is 2. The molecule has 6 heteroatoms. The predicted octanol–water partition coefficient (Wildman–Crippen LogP) is 2.31. The van der Waals surface area contributed by atoms with Crippen molar-refractivity contribution in [1.29, 1.82) is 5.26 Å². The van der Waals surface area contributed by atoms with Gasteiger partial charge in [0.25, 0.3) is 5.91 Å².